The zero-order chi connectivity index (χ0) is 27.5. The minimum atomic E-state index is -3.25. The fraction of sp³-hybridized carbons (Fsp3) is 0.111. The number of anilines is 3. The highest BCUT2D eigenvalue weighted by atomic mass is 35.5. The Labute approximate surface area is 225 Å². The van der Waals surface area contributed by atoms with Crippen LogP contribution in [0.4, 0.5) is 30.5 Å². The van der Waals surface area contributed by atoms with Crippen molar-refractivity contribution in [1.82, 2.24) is 20.2 Å². The summed E-state index contributed by atoms with van der Waals surface area (Å²) in [5, 5.41) is 13.6. The molecule has 0 aliphatic carbocycles. The number of hydrogen-bond donors (Lipinski definition) is 4. The molecule has 1 amide bonds. The Kier molecular flexibility index (Phi) is 7.33. The molecule has 8 nitrogen and oxygen atoms in total. The summed E-state index contributed by atoms with van der Waals surface area (Å²) in [4.78, 5) is 21.4. The van der Waals surface area contributed by atoms with Gasteiger partial charge in [0, 0.05) is 40.8 Å². The quantitative estimate of drug-likeness (QED) is 0.177. The molecule has 0 bridgehead atoms. The van der Waals surface area contributed by atoms with Gasteiger partial charge in [-0.3, -0.25) is 9.89 Å². The van der Waals surface area contributed by atoms with Gasteiger partial charge in [-0.25, -0.2) is 23.1 Å². The maximum Gasteiger partial charge on any atom is 0.273 e. The summed E-state index contributed by atoms with van der Waals surface area (Å²) in [5.74, 6) is -0.101. The molecule has 0 saturated heterocycles. The number of rotatable bonds is 8. The SMILES string of the molecule is Nc1[nH]nc2ncc(-c3ccc(CNc4ncc(C(F)C(F)F)cc4C(=O)Nc4ccc(Cl)cc4)cc3)cc12. The van der Waals surface area contributed by atoms with E-state index < -0.39 is 24.1 Å². The Morgan fingerprint density at radius 3 is 2.44 bits per heavy atom. The van der Waals surface area contributed by atoms with Gasteiger partial charge in [0.2, 0.25) is 0 Å². The Balaban J connectivity index is 1.35. The summed E-state index contributed by atoms with van der Waals surface area (Å²) in [6.45, 7) is 0.258. The van der Waals surface area contributed by atoms with Crippen LogP contribution in [0.15, 0.2) is 73.1 Å². The third-order valence-corrected chi connectivity index (χ3v) is 6.23. The third kappa shape index (κ3) is 5.78. The van der Waals surface area contributed by atoms with Gasteiger partial charge in [0.05, 0.1) is 10.9 Å². The molecule has 3 heterocycles. The van der Waals surface area contributed by atoms with Crippen molar-refractivity contribution in [2.24, 2.45) is 0 Å². The average Bonchev–Trinajstić information content (AvgIpc) is 3.32. The molecule has 39 heavy (non-hydrogen) atoms. The van der Waals surface area contributed by atoms with E-state index in [-0.39, 0.29) is 17.9 Å². The van der Waals surface area contributed by atoms with Crippen LogP contribution in [-0.4, -0.2) is 32.5 Å². The molecule has 198 valence electrons. The minimum absolute atomic E-state index is 0.0838. The highest BCUT2D eigenvalue weighted by Crippen LogP contribution is 2.28. The number of benzene rings is 2. The second-order valence-electron chi connectivity index (χ2n) is 8.64. The number of hydrogen-bond acceptors (Lipinski definition) is 6. The van der Waals surface area contributed by atoms with Crippen molar-refractivity contribution in [1.29, 1.82) is 0 Å². The van der Waals surface area contributed by atoms with E-state index in [1.807, 2.05) is 30.3 Å². The van der Waals surface area contributed by atoms with E-state index in [1.54, 1.807) is 30.5 Å². The van der Waals surface area contributed by atoms with E-state index in [4.69, 9.17) is 17.3 Å². The van der Waals surface area contributed by atoms with Gasteiger partial charge in [0.1, 0.15) is 11.6 Å². The first-order chi connectivity index (χ1) is 18.8. The molecule has 0 fully saturated rings. The van der Waals surface area contributed by atoms with E-state index >= 15 is 0 Å². The molecular weight excluding hydrogens is 531 g/mol. The van der Waals surface area contributed by atoms with Gasteiger partial charge in [-0.1, -0.05) is 35.9 Å². The molecule has 1 unspecified atom stereocenters. The largest absolute Gasteiger partial charge is 0.384 e. The molecule has 2 aromatic carbocycles. The van der Waals surface area contributed by atoms with Crippen LogP contribution in [0.5, 0.6) is 0 Å². The lowest BCUT2D eigenvalue weighted by Gasteiger charge is -2.15. The molecule has 5 aromatic rings. The van der Waals surface area contributed by atoms with Crippen LogP contribution >= 0.6 is 11.6 Å². The minimum Gasteiger partial charge on any atom is -0.384 e. The average molecular weight is 552 g/mol. The van der Waals surface area contributed by atoms with Crippen LogP contribution in [0.3, 0.4) is 0 Å². The lowest BCUT2D eigenvalue weighted by Crippen LogP contribution is -2.17. The maximum absolute atomic E-state index is 14.0. The first-order valence-corrected chi connectivity index (χ1v) is 12.1. The van der Waals surface area contributed by atoms with Crippen molar-refractivity contribution in [2.75, 3.05) is 16.4 Å². The number of nitrogens with zero attached hydrogens (tertiary/aromatic N) is 3. The molecule has 0 spiro atoms. The van der Waals surface area contributed by atoms with E-state index in [0.29, 0.717) is 22.2 Å². The number of aromatic nitrogens is 4. The molecule has 5 N–H and O–H groups in total. The van der Waals surface area contributed by atoms with Crippen LogP contribution in [0.2, 0.25) is 5.02 Å². The van der Waals surface area contributed by atoms with Crippen molar-refractivity contribution < 1.29 is 18.0 Å². The number of carbonyl (C=O) groups is 1. The number of nitrogens with two attached hydrogens (primary N) is 1. The molecule has 0 saturated carbocycles. The van der Waals surface area contributed by atoms with Crippen LogP contribution < -0.4 is 16.4 Å². The number of nitrogen functional groups attached to an aromatic ring is 1. The Hall–Kier alpha value is -4.64. The number of amides is 1. The molecule has 0 aliphatic rings. The molecule has 5 rings (SSSR count). The second kappa shape index (κ2) is 11.0. The van der Waals surface area contributed by atoms with E-state index in [2.05, 4.69) is 30.8 Å². The Morgan fingerprint density at radius 1 is 0.974 bits per heavy atom. The topological polar surface area (TPSA) is 122 Å². The van der Waals surface area contributed by atoms with Crippen LogP contribution in [-0.2, 0) is 6.54 Å². The zero-order valence-electron chi connectivity index (χ0n) is 20.1. The van der Waals surface area contributed by atoms with E-state index in [1.165, 1.54) is 0 Å². The van der Waals surface area contributed by atoms with E-state index in [0.717, 1.165) is 34.3 Å². The standard InChI is InChI=1S/C27H21ClF3N7O/c28-18-5-7-19(8-6-18)36-27(39)21-10-17(22(29)23(30)31)13-34-25(21)33-11-14-1-3-15(4-2-14)16-9-20-24(32)37-38-26(20)35-12-16/h1-10,12-13,22-23H,11H2,(H,33,34)(H,36,39)(H3,32,35,37,38). The molecule has 0 radical (unpaired) electrons. The number of alkyl halides is 3. The summed E-state index contributed by atoms with van der Waals surface area (Å²) in [6.07, 6.45) is -3.14. The van der Waals surface area contributed by atoms with Crippen molar-refractivity contribution in [3.8, 4) is 11.1 Å². The number of carbonyl (C=O) groups excluding carboxylic acids is 1. The molecular formula is C27H21ClF3N7O. The third-order valence-electron chi connectivity index (χ3n) is 5.98. The molecule has 1 atom stereocenters. The predicted octanol–water partition coefficient (Wildman–Crippen LogP) is 6.40. The van der Waals surface area contributed by atoms with Gasteiger partial charge in [0.15, 0.2) is 11.8 Å². The monoisotopic (exact) mass is 551 g/mol. The first-order valence-electron chi connectivity index (χ1n) is 11.7. The summed E-state index contributed by atoms with van der Waals surface area (Å²) in [7, 11) is 0. The number of aromatic amines is 1. The van der Waals surface area contributed by atoms with Crippen molar-refractivity contribution in [3.63, 3.8) is 0 Å². The van der Waals surface area contributed by atoms with Gasteiger partial charge in [-0.2, -0.15) is 5.10 Å². The zero-order valence-corrected chi connectivity index (χ0v) is 20.9. The van der Waals surface area contributed by atoms with Gasteiger partial charge in [-0.05, 0) is 47.5 Å². The summed E-state index contributed by atoms with van der Waals surface area (Å²) < 4.78 is 40.0. The second-order valence-corrected chi connectivity index (χ2v) is 9.08. The summed E-state index contributed by atoms with van der Waals surface area (Å²) in [5.41, 5.74) is 8.98. The Morgan fingerprint density at radius 2 is 1.72 bits per heavy atom. The van der Waals surface area contributed by atoms with Crippen LogP contribution in [0, 0.1) is 0 Å². The fourth-order valence-electron chi connectivity index (χ4n) is 3.90. The fourth-order valence-corrected chi connectivity index (χ4v) is 4.03. The number of fused-ring (bicyclic) bond motifs is 1. The number of H-pyrrole nitrogens is 1. The molecule has 3 aromatic heterocycles. The lowest BCUT2D eigenvalue weighted by atomic mass is 10.0. The molecule has 12 heteroatoms. The van der Waals surface area contributed by atoms with Crippen LogP contribution in [0.25, 0.3) is 22.2 Å². The normalized spacial score (nSPS) is 12.0. The number of nitrogens with one attached hydrogen (secondary N) is 3. The van der Waals surface area contributed by atoms with Gasteiger partial charge < -0.3 is 16.4 Å². The van der Waals surface area contributed by atoms with Crippen molar-refractivity contribution >= 4 is 45.9 Å². The summed E-state index contributed by atoms with van der Waals surface area (Å²) >= 11 is 5.89. The lowest BCUT2D eigenvalue weighted by molar-refractivity contribution is 0.0493. The predicted molar refractivity (Wildman–Crippen MR) is 145 cm³/mol. The highest BCUT2D eigenvalue weighted by Gasteiger charge is 2.24. The van der Waals surface area contributed by atoms with Gasteiger partial charge >= 0.3 is 0 Å². The number of pyridine rings is 2. The number of halogens is 4. The van der Waals surface area contributed by atoms with E-state index in [9.17, 15) is 18.0 Å². The van der Waals surface area contributed by atoms with Crippen molar-refractivity contribution in [3.05, 3.63) is 94.8 Å². The van der Waals surface area contributed by atoms with Gasteiger partial charge in [0.25, 0.3) is 12.3 Å². The smallest absolute Gasteiger partial charge is 0.273 e. The van der Waals surface area contributed by atoms with Gasteiger partial charge in [-0.15, -0.1) is 0 Å². The molecule has 0 aliphatic heterocycles. The maximum atomic E-state index is 14.0. The highest BCUT2D eigenvalue weighted by molar-refractivity contribution is 6.30. The van der Waals surface area contributed by atoms with Crippen molar-refractivity contribution in [2.45, 2.75) is 19.1 Å². The summed E-state index contributed by atoms with van der Waals surface area (Å²) in [6, 6.07) is 16.9. The first kappa shape index (κ1) is 26.0. The van der Waals surface area contributed by atoms with Crippen LogP contribution in [0.1, 0.15) is 27.7 Å². The Bertz CT molecular complexity index is 1630.